The SMILES string of the molecule is CCN1CCN(C(=O)N/C=C/c2ccc(Br)cc2)CC1. The first-order valence-corrected chi connectivity index (χ1v) is 7.68. The molecule has 1 aromatic carbocycles. The lowest BCUT2D eigenvalue weighted by atomic mass is 10.2. The lowest BCUT2D eigenvalue weighted by Gasteiger charge is -2.33. The number of carbonyl (C=O) groups is 1. The molecule has 1 heterocycles. The van der Waals surface area contributed by atoms with Gasteiger partial charge in [0.05, 0.1) is 0 Å². The first-order valence-electron chi connectivity index (χ1n) is 6.89. The zero-order valence-corrected chi connectivity index (χ0v) is 13.3. The van der Waals surface area contributed by atoms with E-state index in [1.165, 1.54) is 0 Å². The second-order valence-electron chi connectivity index (χ2n) is 4.76. The largest absolute Gasteiger partial charge is 0.322 e. The predicted octanol–water partition coefficient (Wildman–Crippen LogP) is 2.77. The Labute approximate surface area is 128 Å². The van der Waals surface area contributed by atoms with Crippen LogP contribution in [-0.2, 0) is 0 Å². The van der Waals surface area contributed by atoms with Gasteiger partial charge in [0.15, 0.2) is 0 Å². The van der Waals surface area contributed by atoms with Gasteiger partial charge in [0.25, 0.3) is 0 Å². The van der Waals surface area contributed by atoms with Gasteiger partial charge in [-0.2, -0.15) is 0 Å². The molecule has 4 nitrogen and oxygen atoms in total. The quantitative estimate of drug-likeness (QED) is 0.920. The molecule has 0 atom stereocenters. The summed E-state index contributed by atoms with van der Waals surface area (Å²) in [5.74, 6) is 0. The molecule has 108 valence electrons. The van der Waals surface area contributed by atoms with Crippen molar-refractivity contribution >= 4 is 28.0 Å². The van der Waals surface area contributed by atoms with Gasteiger partial charge in [0.2, 0.25) is 0 Å². The number of benzene rings is 1. The Morgan fingerprint density at radius 1 is 1.25 bits per heavy atom. The monoisotopic (exact) mass is 337 g/mol. The van der Waals surface area contributed by atoms with E-state index in [9.17, 15) is 4.79 Å². The summed E-state index contributed by atoms with van der Waals surface area (Å²) >= 11 is 3.40. The van der Waals surface area contributed by atoms with Crippen LogP contribution in [0.3, 0.4) is 0 Å². The minimum atomic E-state index is -0.0193. The molecule has 1 N–H and O–H groups in total. The van der Waals surface area contributed by atoms with Crippen LogP contribution in [0.1, 0.15) is 12.5 Å². The van der Waals surface area contributed by atoms with Crippen molar-refractivity contribution in [3.05, 3.63) is 40.5 Å². The van der Waals surface area contributed by atoms with Crippen LogP contribution in [0.2, 0.25) is 0 Å². The Hall–Kier alpha value is -1.33. The summed E-state index contributed by atoms with van der Waals surface area (Å²) in [7, 11) is 0. The Kier molecular flexibility index (Phi) is 5.61. The summed E-state index contributed by atoms with van der Waals surface area (Å²) in [6.45, 7) is 6.72. The van der Waals surface area contributed by atoms with E-state index >= 15 is 0 Å². The fourth-order valence-corrected chi connectivity index (χ4v) is 2.41. The van der Waals surface area contributed by atoms with Gasteiger partial charge < -0.3 is 15.1 Å². The maximum Gasteiger partial charge on any atom is 0.321 e. The Morgan fingerprint density at radius 2 is 1.90 bits per heavy atom. The molecule has 1 fully saturated rings. The van der Waals surface area contributed by atoms with Crippen LogP contribution in [0, 0.1) is 0 Å². The number of hydrogen-bond acceptors (Lipinski definition) is 2. The van der Waals surface area contributed by atoms with Crippen molar-refractivity contribution in [2.24, 2.45) is 0 Å². The Balaban J connectivity index is 1.79. The van der Waals surface area contributed by atoms with Crippen LogP contribution in [0.15, 0.2) is 34.9 Å². The summed E-state index contributed by atoms with van der Waals surface area (Å²) < 4.78 is 1.05. The molecular weight excluding hydrogens is 318 g/mol. The van der Waals surface area contributed by atoms with Crippen LogP contribution >= 0.6 is 15.9 Å². The maximum atomic E-state index is 12.0. The van der Waals surface area contributed by atoms with E-state index in [2.05, 4.69) is 33.1 Å². The average Bonchev–Trinajstić information content (AvgIpc) is 2.49. The molecule has 2 amide bonds. The molecule has 0 saturated carbocycles. The number of piperazine rings is 1. The first kappa shape index (κ1) is 15.1. The molecule has 20 heavy (non-hydrogen) atoms. The van der Waals surface area contributed by atoms with Gasteiger partial charge in [-0.15, -0.1) is 0 Å². The Bertz CT molecular complexity index is 465. The third kappa shape index (κ3) is 4.35. The highest BCUT2D eigenvalue weighted by molar-refractivity contribution is 9.10. The van der Waals surface area contributed by atoms with E-state index in [1.807, 2.05) is 35.2 Å². The van der Waals surface area contributed by atoms with Crippen molar-refractivity contribution in [3.63, 3.8) is 0 Å². The van der Waals surface area contributed by atoms with Gasteiger partial charge in [0.1, 0.15) is 0 Å². The van der Waals surface area contributed by atoms with E-state index in [4.69, 9.17) is 0 Å². The number of likely N-dealkylation sites (N-methyl/N-ethyl adjacent to an activating group) is 1. The lowest BCUT2D eigenvalue weighted by Crippen LogP contribution is -2.50. The van der Waals surface area contributed by atoms with E-state index in [-0.39, 0.29) is 6.03 Å². The second kappa shape index (κ2) is 7.45. The predicted molar refractivity (Wildman–Crippen MR) is 85.4 cm³/mol. The van der Waals surface area contributed by atoms with E-state index < -0.39 is 0 Å². The number of nitrogens with one attached hydrogen (secondary N) is 1. The van der Waals surface area contributed by atoms with E-state index in [0.717, 1.165) is 42.8 Å². The van der Waals surface area contributed by atoms with Crippen molar-refractivity contribution in [1.82, 2.24) is 15.1 Å². The highest BCUT2D eigenvalue weighted by Gasteiger charge is 2.18. The number of nitrogens with zero attached hydrogens (tertiary/aromatic N) is 2. The highest BCUT2D eigenvalue weighted by atomic mass is 79.9. The third-order valence-electron chi connectivity index (χ3n) is 3.46. The van der Waals surface area contributed by atoms with Gasteiger partial charge >= 0.3 is 6.03 Å². The van der Waals surface area contributed by atoms with Crippen molar-refractivity contribution < 1.29 is 4.79 Å². The van der Waals surface area contributed by atoms with Gasteiger partial charge in [-0.25, -0.2) is 4.79 Å². The topological polar surface area (TPSA) is 35.6 Å². The minimum Gasteiger partial charge on any atom is -0.322 e. The third-order valence-corrected chi connectivity index (χ3v) is 3.99. The van der Waals surface area contributed by atoms with E-state index in [0.29, 0.717) is 0 Å². The molecule has 2 rings (SSSR count). The molecular formula is C15H20BrN3O. The summed E-state index contributed by atoms with van der Waals surface area (Å²) in [4.78, 5) is 16.2. The highest BCUT2D eigenvalue weighted by Crippen LogP contribution is 2.11. The molecule has 1 aliphatic rings. The average molecular weight is 338 g/mol. The maximum absolute atomic E-state index is 12.0. The molecule has 1 aliphatic heterocycles. The van der Waals surface area contributed by atoms with Crippen LogP contribution in [0.25, 0.3) is 6.08 Å². The van der Waals surface area contributed by atoms with Crippen molar-refractivity contribution in [2.75, 3.05) is 32.7 Å². The van der Waals surface area contributed by atoms with Crippen LogP contribution in [0.5, 0.6) is 0 Å². The normalized spacial score (nSPS) is 16.6. The standard InChI is InChI=1S/C15H20BrN3O/c1-2-18-9-11-19(12-10-18)15(20)17-8-7-13-3-5-14(16)6-4-13/h3-8H,2,9-12H2,1H3,(H,17,20)/b8-7+. The first-order chi connectivity index (χ1) is 9.69. The van der Waals surface area contributed by atoms with Gasteiger partial charge in [-0.05, 0) is 30.3 Å². The zero-order valence-electron chi connectivity index (χ0n) is 11.7. The number of halogens is 1. The smallest absolute Gasteiger partial charge is 0.321 e. The molecule has 0 bridgehead atoms. The summed E-state index contributed by atoms with van der Waals surface area (Å²) in [6.07, 6.45) is 3.60. The van der Waals surface area contributed by atoms with E-state index in [1.54, 1.807) is 6.20 Å². The fraction of sp³-hybridized carbons (Fsp3) is 0.400. The zero-order chi connectivity index (χ0) is 14.4. The van der Waals surface area contributed by atoms with Crippen molar-refractivity contribution in [1.29, 1.82) is 0 Å². The number of rotatable bonds is 3. The van der Waals surface area contributed by atoms with Gasteiger partial charge in [-0.3, -0.25) is 0 Å². The van der Waals surface area contributed by atoms with Gasteiger partial charge in [-0.1, -0.05) is 35.0 Å². The summed E-state index contributed by atoms with van der Waals surface area (Å²) in [6, 6.07) is 7.92. The molecule has 0 spiro atoms. The molecule has 0 aromatic heterocycles. The Morgan fingerprint density at radius 3 is 2.50 bits per heavy atom. The van der Waals surface area contributed by atoms with Crippen molar-refractivity contribution in [2.45, 2.75) is 6.92 Å². The van der Waals surface area contributed by atoms with Crippen molar-refractivity contribution in [3.8, 4) is 0 Å². The molecule has 1 aromatic rings. The molecule has 1 saturated heterocycles. The molecule has 0 unspecified atom stereocenters. The fourth-order valence-electron chi connectivity index (χ4n) is 2.14. The number of hydrogen-bond donors (Lipinski definition) is 1. The number of urea groups is 1. The molecule has 5 heteroatoms. The number of carbonyl (C=O) groups excluding carboxylic acids is 1. The van der Waals surface area contributed by atoms with Gasteiger partial charge in [0, 0.05) is 36.9 Å². The lowest BCUT2D eigenvalue weighted by molar-refractivity contribution is 0.145. The molecule has 0 radical (unpaired) electrons. The number of amides is 2. The van der Waals surface area contributed by atoms with Crippen LogP contribution in [0.4, 0.5) is 4.79 Å². The minimum absolute atomic E-state index is 0.0193. The summed E-state index contributed by atoms with van der Waals surface area (Å²) in [5, 5.41) is 2.82. The molecule has 0 aliphatic carbocycles. The second-order valence-corrected chi connectivity index (χ2v) is 5.67. The summed E-state index contributed by atoms with van der Waals surface area (Å²) in [5.41, 5.74) is 1.06. The van der Waals surface area contributed by atoms with Crippen LogP contribution < -0.4 is 5.32 Å². The van der Waals surface area contributed by atoms with Crippen LogP contribution in [-0.4, -0.2) is 48.6 Å².